The lowest BCUT2D eigenvalue weighted by Crippen LogP contribution is -2.39. The van der Waals surface area contributed by atoms with Crippen LogP contribution >= 0.6 is 11.3 Å². The third-order valence-electron chi connectivity index (χ3n) is 6.15. The Hall–Kier alpha value is -2.39. The largest absolute Gasteiger partial charge is 0.417 e. The van der Waals surface area contributed by atoms with Gasteiger partial charge in [-0.25, -0.2) is 13.4 Å². The van der Waals surface area contributed by atoms with Crippen LogP contribution in [0.25, 0.3) is 0 Å². The molecule has 1 saturated heterocycles. The summed E-state index contributed by atoms with van der Waals surface area (Å²) >= 11 is 1.51. The van der Waals surface area contributed by atoms with Gasteiger partial charge in [-0.05, 0) is 55.5 Å². The number of benzene rings is 2. The van der Waals surface area contributed by atoms with E-state index >= 15 is 0 Å². The van der Waals surface area contributed by atoms with Gasteiger partial charge in [0.25, 0.3) is 0 Å². The average Bonchev–Trinajstić information content (AvgIpc) is 3.24. The molecule has 0 N–H and O–H groups in total. The Balaban J connectivity index is 1.44. The zero-order valence-corrected chi connectivity index (χ0v) is 20.0. The van der Waals surface area contributed by atoms with Gasteiger partial charge in [-0.2, -0.15) is 13.2 Å². The summed E-state index contributed by atoms with van der Waals surface area (Å²) in [4.78, 5) is 6.12. The van der Waals surface area contributed by atoms with E-state index in [0.717, 1.165) is 29.4 Å². The van der Waals surface area contributed by atoms with Crippen LogP contribution in [-0.4, -0.2) is 31.7 Å². The lowest BCUT2D eigenvalue weighted by molar-refractivity contribution is -0.139. The molecule has 0 unspecified atom stereocenters. The highest BCUT2D eigenvalue weighted by Gasteiger charge is 2.40. The molecule has 0 amide bonds. The van der Waals surface area contributed by atoms with Gasteiger partial charge >= 0.3 is 6.18 Å². The number of piperidine rings is 1. The van der Waals surface area contributed by atoms with Crippen molar-refractivity contribution in [2.45, 2.75) is 49.4 Å². The first-order valence-electron chi connectivity index (χ1n) is 10.7. The summed E-state index contributed by atoms with van der Waals surface area (Å²) < 4.78 is 66.1. The Bertz CT molecular complexity index is 1240. The minimum atomic E-state index is -4.71. The molecule has 2 aromatic carbocycles. The summed E-state index contributed by atoms with van der Waals surface area (Å²) in [7, 11) is -4.09. The van der Waals surface area contributed by atoms with Gasteiger partial charge in [0.2, 0.25) is 0 Å². The van der Waals surface area contributed by atoms with Crippen LogP contribution in [0.15, 0.2) is 52.7 Å². The SMILES string of the molecule is Cc1ccc(Cc2csc(N3CCC(S(=O)(=O)c4ccccc4C(F)(F)F)CC3)n2)cc1C. The summed E-state index contributed by atoms with van der Waals surface area (Å²) in [5.41, 5.74) is 3.52. The molecule has 4 rings (SSSR count). The molecule has 9 heteroatoms. The fourth-order valence-corrected chi connectivity index (χ4v) is 6.96. The van der Waals surface area contributed by atoms with E-state index < -0.39 is 31.7 Å². The third kappa shape index (κ3) is 5.09. The average molecular weight is 495 g/mol. The van der Waals surface area contributed by atoms with E-state index in [4.69, 9.17) is 4.98 Å². The van der Waals surface area contributed by atoms with Crippen LogP contribution in [0.2, 0.25) is 0 Å². The standard InChI is InChI=1S/C24H25F3N2O2S2/c1-16-7-8-18(13-17(16)2)14-19-15-32-23(28-19)29-11-9-20(10-12-29)33(30,31)22-6-4-3-5-21(22)24(25,26)27/h3-8,13,15,20H,9-12,14H2,1-2H3. The maximum Gasteiger partial charge on any atom is 0.417 e. The van der Waals surface area contributed by atoms with E-state index in [-0.39, 0.29) is 12.8 Å². The van der Waals surface area contributed by atoms with E-state index in [2.05, 4.69) is 32.0 Å². The Kier molecular flexibility index (Phi) is 6.55. The Morgan fingerprint density at radius 2 is 1.76 bits per heavy atom. The smallest absolute Gasteiger partial charge is 0.348 e. The number of sulfone groups is 1. The number of aromatic nitrogens is 1. The molecule has 0 bridgehead atoms. The van der Waals surface area contributed by atoms with Gasteiger partial charge in [-0.15, -0.1) is 11.3 Å². The highest BCUT2D eigenvalue weighted by molar-refractivity contribution is 7.92. The van der Waals surface area contributed by atoms with Gasteiger partial charge in [-0.3, -0.25) is 0 Å². The van der Waals surface area contributed by atoms with Gasteiger partial charge in [0.05, 0.1) is 21.4 Å². The number of anilines is 1. The fourth-order valence-electron chi connectivity index (χ4n) is 4.13. The monoisotopic (exact) mass is 494 g/mol. The summed E-state index contributed by atoms with van der Waals surface area (Å²) in [6, 6.07) is 10.8. The predicted molar refractivity (Wildman–Crippen MR) is 125 cm³/mol. The van der Waals surface area contributed by atoms with Gasteiger partial charge in [0, 0.05) is 24.9 Å². The van der Waals surface area contributed by atoms with Crippen LogP contribution in [0.4, 0.5) is 18.3 Å². The normalized spacial score (nSPS) is 15.7. The van der Waals surface area contributed by atoms with Crippen molar-refractivity contribution in [3.63, 3.8) is 0 Å². The number of alkyl halides is 3. The highest BCUT2D eigenvalue weighted by atomic mass is 32.2. The van der Waals surface area contributed by atoms with Crippen LogP contribution in [-0.2, 0) is 22.4 Å². The van der Waals surface area contributed by atoms with Crippen LogP contribution in [0.5, 0.6) is 0 Å². The van der Waals surface area contributed by atoms with Crippen molar-refractivity contribution < 1.29 is 21.6 Å². The number of hydrogen-bond donors (Lipinski definition) is 0. The van der Waals surface area contributed by atoms with E-state index in [1.54, 1.807) is 0 Å². The van der Waals surface area contributed by atoms with Crippen molar-refractivity contribution in [3.05, 3.63) is 75.8 Å². The third-order valence-corrected chi connectivity index (χ3v) is 9.41. The summed E-state index contributed by atoms with van der Waals surface area (Å²) in [6.45, 7) is 5.03. The molecule has 3 aromatic rings. The van der Waals surface area contributed by atoms with Crippen molar-refractivity contribution >= 4 is 26.3 Å². The number of nitrogens with zero attached hydrogens (tertiary/aromatic N) is 2. The zero-order chi connectivity index (χ0) is 23.8. The highest BCUT2D eigenvalue weighted by Crippen LogP contribution is 2.37. The molecule has 1 fully saturated rings. The number of aryl methyl sites for hydroxylation is 2. The number of hydrogen-bond acceptors (Lipinski definition) is 5. The van der Waals surface area contributed by atoms with Gasteiger partial charge in [0.15, 0.2) is 15.0 Å². The minimum absolute atomic E-state index is 0.264. The molecule has 1 aliphatic rings. The molecule has 0 aliphatic carbocycles. The second-order valence-electron chi connectivity index (χ2n) is 8.44. The van der Waals surface area contributed by atoms with E-state index in [0.29, 0.717) is 13.1 Å². The first kappa shape index (κ1) is 23.8. The van der Waals surface area contributed by atoms with Gasteiger partial charge < -0.3 is 4.90 Å². The van der Waals surface area contributed by atoms with Crippen molar-refractivity contribution in [2.75, 3.05) is 18.0 Å². The van der Waals surface area contributed by atoms with Crippen LogP contribution in [0.1, 0.15) is 40.8 Å². The quantitative estimate of drug-likeness (QED) is 0.449. The first-order chi connectivity index (χ1) is 15.6. The second kappa shape index (κ2) is 9.10. The molecule has 0 atom stereocenters. The lowest BCUT2D eigenvalue weighted by atomic mass is 10.0. The molecule has 1 aliphatic heterocycles. The predicted octanol–water partition coefficient (Wildman–Crippen LogP) is 5.81. The fraction of sp³-hybridized carbons (Fsp3) is 0.375. The molecule has 0 radical (unpaired) electrons. The molecule has 2 heterocycles. The molecule has 0 spiro atoms. The molecule has 33 heavy (non-hydrogen) atoms. The topological polar surface area (TPSA) is 50.3 Å². The van der Waals surface area contributed by atoms with Crippen molar-refractivity contribution in [3.8, 4) is 0 Å². The maximum absolute atomic E-state index is 13.4. The Morgan fingerprint density at radius 1 is 1.06 bits per heavy atom. The summed E-state index contributed by atoms with van der Waals surface area (Å²) in [5.74, 6) is 0. The van der Waals surface area contributed by atoms with Crippen LogP contribution in [0.3, 0.4) is 0 Å². The first-order valence-corrected chi connectivity index (χ1v) is 13.1. The molecule has 4 nitrogen and oxygen atoms in total. The van der Waals surface area contributed by atoms with E-state index in [1.165, 1.54) is 40.2 Å². The molecule has 176 valence electrons. The van der Waals surface area contributed by atoms with Crippen molar-refractivity contribution in [2.24, 2.45) is 0 Å². The number of thiazole rings is 1. The van der Waals surface area contributed by atoms with Crippen molar-refractivity contribution in [1.82, 2.24) is 4.98 Å². The Morgan fingerprint density at radius 3 is 2.42 bits per heavy atom. The molecular weight excluding hydrogens is 469 g/mol. The van der Waals surface area contributed by atoms with E-state index in [9.17, 15) is 21.6 Å². The van der Waals surface area contributed by atoms with Crippen LogP contribution < -0.4 is 4.90 Å². The Labute approximate surface area is 196 Å². The second-order valence-corrected chi connectivity index (χ2v) is 11.5. The molecular formula is C24H25F3N2O2S2. The number of rotatable bonds is 5. The lowest BCUT2D eigenvalue weighted by Gasteiger charge is -2.31. The van der Waals surface area contributed by atoms with E-state index in [1.807, 2.05) is 10.3 Å². The van der Waals surface area contributed by atoms with Gasteiger partial charge in [-0.1, -0.05) is 30.3 Å². The molecule has 0 saturated carbocycles. The molecule has 1 aromatic heterocycles. The summed E-state index contributed by atoms with van der Waals surface area (Å²) in [6.07, 6.45) is -3.46. The zero-order valence-electron chi connectivity index (χ0n) is 18.4. The minimum Gasteiger partial charge on any atom is -0.348 e. The summed E-state index contributed by atoms with van der Waals surface area (Å²) in [5, 5.41) is 1.99. The number of halogens is 3. The van der Waals surface area contributed by atoms with Crippen LogP contribution in [0, 0.1) is 13.8 Å². The van der Waals surface area contributed by atoms with Gasteiger partial charge in [0.1, 0.15) is 0 Å². The maximum atomic E-state index is 13.4. The van der Waals surface area contributed by atoms with Crippen molar-refractivity contribution in [1.29, 1.82) is 0 Å².